The number of nitrogens with one attached hydrogen (secondary N) is 1. The van der Waals surface area contributed by atoms with Gasteiger partial charge in [-0.1, -0.05) is 6.92 Å². The molecule has 0 radical (unpaired) electrons. The third-order valence-corrected chi connectivity index (χ3v) is 5.15. The molecule has 0 heterocycles. The van der Waals surface area contributed by atoms with Crippen molar-refractivity contribution >= 4 is 11.9 Å². The molecule has 1 atom stereocenters. The van der Waals surface area contributed by atoms with E-state index in [4.69, 9.17) is 19.7 Å². The van der Waals surface area contributed by atoms with E-state index in [0.29, 0.717) is 32.1 Å². The lowest BCUT2D eigenvalue weighted by atomic mass is 9.97. The Hall–Kier alpha value is -1.18. The first-order valence-corrected chi connectivity index (χ1v) is 10.7. The first-order valence-electron chi connectivity index (χ1n) is 10.7. The van der Waals surface area contributed by atoms with Crippen molar-refractivity contribution in [2.75, 3.05) is 13.2 Å². The number of carbonyl (C=O) groups is 2. The monoisotopic (exact) mass is 417 g/mol. The number of rotatable bonds is 17. The average Bonchev–Trinajstić information content (AvgIpc) is 2.57. The third kappa shape index (κ3) is 15.3. The highest BCUT2D eigenvalue weighted by atomic mass is 16.5. The second kappa shape index (κ2) is 12.5. The highest BCUT2D eigenvalue weighted by Crippen LogP contribution is 2.21. The Morgan fingerprint density at radius 2 is 1.28 bits per heavy atom. The molecule has 0 aromatic rings. The molecule has 0 aliphatic heterocycles. The van der Waals surface area contributed by atoms with Gasteiger partial charge in [-0.2, -0.15) is 0 Å². The Labute approximate surface area is 176 Å². The van der Waals surface area contributed by atoms with Crippen molar-refractivity contribution in [1.82, 2.24) is 5.32 Å². The lowest BCUT2D eigenvalue weighted by Crippen LogP contribution is -2.47. The van der Waals surface area contributed by atoms with Crippen molar-refractivity contribution in [2.45, 2.75) is 116 Å². The molecule has 7 nitrogen and oxygen atoms in total. The summed E-state index contributed by atoms with van der Waals surface area (Å²) in [7, 11) is 0. The largest absolute Gasteiger partial charge is 0.481 e. The summed E-state index contributed by atoms with van der Waals surface area (Å²) in [5, 5.41) is 21.3. The summed E-state index contributed by atoms with van der Waals surface area (Å²) in [6.07, 6.45) is 3.82. The predicted molar refractivity (Wildman–Crippen MR) is 114 cm³/mol. The number of hydrogen-bond acceptors (Lipinski definition) is 5. The zero-order valence-corrected chi connectivity index (χ0v) is 19.5. The molecule has 0 aromatic carbocycles. The molecule has 0 aliphatic carbocycles. The second-order valence-corrected chi connectivity index (χ2v) is 9.68. The number of carboxylic acids is 2. The fraction of sp³-hybridized carbons (Fsp3) is 0.909. The van der Waals surface area contributed by atoms with E-state index < -0.39 is 23.1 Å². The van der Waals surface area contributed by atoms with Gasteiger partial charge in [-0.25, -0.2) is 0 Å². The van der Waals surface area contributed by atoms with E-state index >= 15 is 0 Å². The molecule has 7 heteroatoms. The summed E-state index contributed by atoms with van der Waals surface area (Å²) in [5.74, 6) is -1.60. The van der Waals surface area contributed by atoms with Gasteiger partial charge >= 0.3 is 11.9 Å². The maximum absolute atomic E-state index is 10.7. The lowest BCUT2D eigenvalue weighted by molar-refractivity contribution is -0.139. The van der Waals surface area contributed by atoms with Crippen LogP contribution in [0.25, 0.3) is 0 Å². The number of ether oxygens (including phenoxy) is 2. The topological polar surface area (TPSA) is 105 Å². The van der Waals surface area contributed by atoms with E-state index in [1.807, 2.05) is 27.7 Å². The molecular weight excluding hydrogens is 374 g/mol. The molecule has 0 rings (SSSR count). The fourth-order valence-electron chi connectivity index (χ4n) is 3.02. The van der Waals surface area contributed by atoms with Crippen molar-refractivity contribution in [3.63, 3.8) is 0 Å². The Balaban J connectivity index is 4.34. The molecule has 29 heavy (non-hydrogen) atoms. The van der Waals surface area contributed by atoms with Crippen LogP contribution < -0.4 is 5.32 Å². The van der Waals surface area contributed by atoms with Gasteiger partial charge in [-0.05, 0) is 73.6 Å². The van der Waals surface area contributed by atoms with E-state index in [2.05, 4.69) is 26.1 Å². The van der Waals surface area contributed by atoms with E-state index in [-0.39, 0.29) is 18.4 Å². The van der Waals surface area contributed by atoms with Gasteiger partial charge in [0.05, 0.1) is 11.2 Å². The fourth-order valence-corrected chi connectivity index (χ4v) is 3.02. The van der Waals surface area contributed by atoms with E-state index in [1.54, 1.807) is 0 Å². The quantitative estimate of drug-likeness (QED) is 0.325. The van der Waals surface area contributed by atoms with Gasteiger partial charge in [0.1, 0.15) is 0 Å². The van der Waals surface area contributed by atoms with Crippen LogP contribution in [-0.4, -0.2) is 58.1 Å². The van der Waals surface area contributed by atoms with Gasteiger partial charge in [0.25, 0.3) is 0 Å². The zero-order valence-electron chi connectivity index (χ0n) is 19.5. The van der Waals surface area contributed by atoms with Crippen molar-refractivity contribution in [1.29, 1.82) is 0 Å². The maximum atomic E-state index is 10.7. The molecule has 3 N–H and O–H groups in total. The molecule has 172 valence electrons. The van der Waals surface area contributed by atoms with Crippen LogP contribution in [0.4, 0.5) is 0 Å². The molecule has 0 aromatic heterocycles. The molecule has 0 bridgehead atoms. The summed E-state index contributed by atoms with van der Waals surface area (Å²) in [6.45, 7) is 15.3. The lowest BCUT2D eigenvalue weighted by Gasteiger charge is -2.34. The Morgan fingerprint density at radius 3 is 1.69 bits per heavy atom. The first kappa shape index (κ1) is 27.8. The summed E-state index contributed by atoms with van der Waals surface area (Å²) in [4.78, 5) is 21.5. The van der Waals surface area contributed by atoms with Gasteiger partial charge in [0.2, 0.25) is 0 Å². The summed E-state index contributed by atoms with van der Waals surface area (Å²) >= 11 is 0. The van der Waals surface area contributed by atoms with Gasteiger partial charge < -0.3 is 25.0 Å². The minimum absolute atomic E-state index is 0.107. The predicted octanol–water partition coefficient (Wildman–Crippen LogP) is 4.23. The van der Waals surface area contributed by atoms with Crippen LogP contribution in [0.5, 0.6) is 0 Å². The second-order valence-electron chi connectivity index (χ2n) is 9.68. The van der Waals surface area contributed by atoms with Crippen LogP contribution in [-0.2, 0) is 19.1 Å². The van der Waals surface area contributed by atoms with Gasteiger partial charge in [-0.15, -0.1) is 0 Å². The van der Waals surface area contributed by atoms with Crippen LogP contribution in [0.3, 0.4) is 0 Å². The SMILES string of the molecule is CCC(CCOC(C)(C)CCC(=O)O)NC(C)(C)CCOC(C)(C)CCC(=O)O. The standard InChI is InChI=1S/C22H43NO6/c1-8-17(11-15-28-21(4,5)12-9-18(24)25)23-20(2,3)14-16-29-22(6,7)13-10-19(26)27/h17,23H,8-16H2,1-7H3,(H,24,25)(H,26,27). The molecule has 0 saturated carbocycles. The molecule has 0 aliphatic rings. The Kier molecular flexibility index (Phi) is 12.0. The van der Waals surface area contributed by atoms with E-state index in [1.165, 1.54) is 0 Å². The number of aliphatic carboxylic acids is 2. The summed E-state index contributed by atoms with van der Waals surface area (Å²) in [6, 6.07) is 0.292. The minimum atomic E-state index is -0.803. The smallest absolute Gasteiger partial charge is 0.303 e. The third-order valence-electron chi connectivity index (χ3n) is 5.15. The summed E-state index contributed by atoms with van der Waals surface area (Å²) in [5.41, 5.74) is -1.02. The molecular formula is C22H43NO6. The normalized spacial score (nSPS) is 14.0. The minimum Gasteiger partial charge on any atom is -0.481 e. The van der Waals surface area contributed by atoms with E-state index in [0.717, 1.165) is 19.3 Å². The van der Waals surface area contributed by atoms with Crippen molar-refractivity contribution < 1.29 is 29.3 Å². The van der Waals surface area contributed by atoms with Crippen LogP contribution in [0.1, 0.15) is 93.4 Å². The van der Waals surface area contributed by atoms with E-state index in [9.17, 15) is 9.59 Å². The zero-order chi connectivity index (χ0) is 22.7. The van der Waals surface area contributed by atoms with Gasteiger partial charge in [0.15, 0.2) is 0 Å². The van der Waals surface area contributed by atoms with Crippen LogP contribution in [0.2, 0.25) is 0 Å². The molecule has 0 spiro atoms. The first-order chi connectivity index (χ1) is 13.2. The van der Waals surface area contributed by atoms with Crippen LogP contribution in [0, 0.1) is 0 Å². The average molecular weight is 418 g/mol. The van der Waals surface area contributed by atoms with Gasteiger partial charge in [-0.3, -0.25) is 9.59 Å². The number of hydrogen-bond donors (Lipinski definition) is 3. The highest BCUT2D eigenvalue weighted by molar-refractivity contribution is 5.67. The molecule has 0 saturated heterocycles. The van der Waals surface area contributed by atoms with Crippen LogP contribution >= 0.6 is 0 Å². The summed E-state index contributed by atoms with van der Waals surface area (Å²) < 4.78 is 11.8. The molecule has 0 fully saturated rings. The molecule has 1 unspecified atom stereocenters. The highest BCUT2D eigenvalue weighted by Gasteiger charge is 2.25. The Bertz CT molecular complexity index is 502. The van der Waals surface area contributed by atoms with Crippen molar-refractivity contribution in [2.24, 2.45) is 0 Å². The number of carboxylic acid groups (broad SMARTS) is 2. The Morgan fingerprint density at radius 1 is 0.828 bits per heavy atom. The van der Waals surface area contributed by atoms with Crippen molar-refractivity contribution in [3.8, 4) is 0 Å². The van der Waals surface area contributed by atoms with Crippen LogP contribution in [0.15, 0.2) is 0 Å². The van der Waals surface area contributed by atoms with Gasteiger partial charge in [0, 0.05) is 37.6 Å². The molecule has 0 amide bonds. The van der Waals surface area contributed by atoms with Crippen molar-refractivity contribution in [3.05, 3.63) is 0 Å². The maximum Gasteiger partial charge on any atom is 0.303 e.